The summed E-state index contributed by atoms with van der Waals surface area (Å²) in [5, 5.41) is 0.771. The Balaban J connectivity index is 1.97. The fourth-order valence-electron chi connectivity index (χ4n) is 1.63. The van der Waals surface area contributed by atoms with Gasteiger partial charge >= 0.3 is 0 Å². The van der Waals surface area contributed by atoms with Crippen molar-refractivity contribution < 1.29 is 9.53 Å². The largest absolute Gasteiger partial charge is 0.479 e. The van der Waals surface area contributed by atoms with Gasteiger partial charge in [-0.1, -0.05) is 23.2 Å². The Morgan fingerprint density at radius 2 is 1.92 bits per heavy atom. The number of anilines is 2. The molecule has 0 bridgehead atoms. The van der Waals surface area contributed by atoms with E-state index in [1.165, 1.54) is 6.07 Å². The smallest absolute Gasteiger partial charge is 0.279 e. The van der Waals surface area contributed by atoms with Crippen molar-refractivity contribution in [3.05, 3.63) is 33.5 Å². The number of hydrazine groups is 1. The predicted molar refractivity (Wildman–Crippen MR) is 97.5 cm³/mol. The fourth-order valence-corrected chi connectivity index (χ4v) is 2.24. The molecule has 0 unspecified atom stereocenters. The molecule has 0 aliphatic heterocycles. The summed E-state index contributed by atoms with van der Waals surface area (Å²) < 4.78 is 5.51. The number of ether oxygens (including phenoxy) is 1. The second-order valence-corrected chi connectivity index (χ2v) is 6.25. The molecule has 0 fully saturated rings. The van der Waals surface area contributed by atoms with Crippen molar-refractivity contribution in [3.8, 4) is 5.75 Å². The van der Waals surface area contributed by atoms with Crippen LogP contribution < -0.4 is 20.5 Å². The summed E-state index contributed by atoms with van der Waals surface area (Å²) in [6.07, 6.45) is -0.836. The summed E-state index contributed by atoms with van der Waals surface area (Å²) >= 11 is 17.6. The lowest BCUT2D eigenvalue weighted by Gasteiger charge is -2.16. The van der Waals surface area contributed by atoms with Gasteiger partial charge in [0.2, 0.25) is 17.2 Å². The number of hydrogen-bond acceptors (Lipinski definition) is 7. The van der Waals surface area contributed by atoms with Gasteiger partial charge in [-0.3, -0.25) is 15.6 Å². The van der Waals surface area contributed by atoms with E-state index in [2.05, 4.69) is 25.8 Å². The van der Waals surface area contributed by atoms with Gasteiger partial charge in [-0.25, -0.2) is 0 Å². The van der Waals surface area contributed by atoms with E-state index in [4.69, 9.17) is 39.5 Å². The standard InChI is InChI=1S/C14H15Cl3N6O2/c1-7(25-10-5-4-8(15)6-9(10)16)11(24)21-22-13-18-12(17)19-14(20-13)23(2)3/h4-7H,1-3H3,(H,21,24)(H,18,19,20,22)/t7-/m0/s1. The molecule has 0 aliphatic carbocycles. The van der Waals surface area contributed by atoms with Gasteiger partial charge in [0.05, 0.1) is 5.02 Å². The SMILES string of the molecule is C[C@H](Oc1ccc(Cl)cc1Cl)C(=O)NNc1nc(Cl)nc(N(C)C)n1. The highest BCUT2D eigenvalue weighted by Crippen LogP contribution is 2.28. The molecule has 2 N–H and O–H groups in total. The van der Waals surface area contributed by atoms with E-state index in [0.717, 1.165) is 0 Å². The Hall–Kier alpha value is -2.03. The van der Waals surface area contributed by atoms with E-state index in [1.807, 2.05) is 0 Å². The van der Waals surface area contributed by atoms with Crippen LogP contribution in [0.25, 0.3) is 0 Å². The minimum absolute atomic E-state index is 0.00677. The zero-order valence-corrected chi connectivity index (χ0v) is 15.8. The lowest BCUT2D eigenvalue weighted by atomic mass is 10.3. The highest BCUT2D eigenvalue weighted by Gasteiger charge is 2.17. The molecule has 0 aliphatic rings. The topological polar surface area (TPSA) is 92.3 Å². The van der Waals surface area contributed by atoms with E-state index < -0.39 is 12.0 Å². The van der Waals surface area contributed by atoms with E-state index in [1.54, 1.807) is 38.1 Å². The number of amides is 1. The number of halogens is 3. The quantitative estimate of drug-likeness (QED) is 0.714. The Morgan fingerprint density at radius 1 is 1.20 bits per heavy atom. The lowest BCUT2D eigenvalue weighted by molar-refractivity contribution is -0.126. The molecule has 1 aromatic carbocycles. The molecule has 2 rings (SSSR count). The van der Waals surface area contributed by atoms with Crippen molar-refractivity contribution in [2.24, 2.45) is 0 Å². The van der Waals surface area contributed by atoms with E-state index in [0.29, 0.717) is 21.7 Å². The van der Waals surface area contributed by atoms with Crippen LogP contribution >= 0.6 is 34.8 Å². The van der Waals surface area contributed by atoms with Gasteiger partial charge in [0, 0.05) is 19.1 Å². The number of carbonyl (C=O) groups is 1. The third kappa shape index (κ3) is 5.48. The maximum atomic E-state index is 12.1. The highest BCUT2D eigenvalue weighted by molar-refractivity contribution is 6.35. The minimum Gasteiger partial charge on any atom is -0.479 e. The first-order valence-electron chi connectivity index (χ1n) is 7.02. The van der Waals surface area contributed by atoms with E-state index in [9.17, 15) is 4.79 Å². The van der Waals surface area contributed by atoms with Crippen LogP contribution in [-0.2, 0) is 4.79 Å². The maximum Gasteiger partial charge on any atom is 0.279 e. The van der Waals surface area contributed by atoms with Crippen molar-refractivity contribution >= 4 is 52.6 Å². The van der Waals surface area contributed by atoms with Crippen LogP contribution in [0.15, 0.2) is 18.2 Å². The third-order valence-electron chi connectivity index (χ3n) is 2.86. The number of nitrogens with one attached hydrogen (secondary N) is 2. The van der Waals surface area contributed by atoms with Gasteiger partial charge in [-0.15, -0.1) is 0 Å². The summed E-state index contributed by atoms with van der Waals surface area (Å²) in [5.74, 6) is 0.309. The van der Waals surface area contributed by atoms with E-state index in [-0.39, 0.29) is 11.2 Å². The zero-order chi connectivity index (χ0) is 18.6. The number of benzene rings is 1. The average molecular weight is 406 g/mol. The van der Waals surface area contributed by atoms with Crippen molar-refractivity contribution in [1.82, 2.24) is 20.4 Å². The molecule has 0 saturated carbocycles. The summed E-state index contributed by atoms with van der Waals surface area (Å²) in [6.45, 7) is 1.56. The Bertz CT molecular complexity index is 774. The number of aromatic nitrogens is 3. The van der Waals surface area contributed by atoms with Crippen LogP contribution in [0.1, 0.15) is 6.92 Å². The molecule has 2 aromatic rings. The first-order chi connectivity index (χ1) is 11.8. The molecule has 1 aromatic heterocycles. The van der Waals surface area contributed by atoms with Crippen molar-refractivity contribution in [2.75, 3.05) is 24.4 Å². The molecular weight excluding hydrogens is 391 g/mol. The average Bonchev–Trinajstić information content (AvgIpc) is 2.54. The van der Waals surface area contributed by atoms with Crippen molar-refractivity contribution in [2.45, 2.75) is 13.0 Å². The summed E-state index contributed by atoms with van der Waals surface area (Å²) in [7, 11) is 3.50. The Morgan fingerprint density at radius 3 is 2.56 bits per heavy atom. The monoisotopic (exact) mass is 404 g/mol. The van der Waals surface area contributed by atoms with Crippen LogP contribution in [-0.4, -0.2) is 41.1 Å². The van der Waals surface area contributed by atoms with Crippen molar-refractivity contribution in [1.29, 1.82) is 0 Å². The number of nitrogens with zero attached hydrogens (tertiary/aromatic N) is 4. The summed E-state index contributed by atoms with van der Waals surface area (Å²) in [5.41, 5.74) is 4.99. The Labute approximate surface area is 159 Å². The highest BCUT2D eigenvalue weighted by atomic mass is 35.5. The molecule has 1 atom stereocenters. The van der Waals surface area contributed by atoms with Gasteiger partial charge in [0.25, 0.3) is 5.91 Å². The van der Waals surface area contributed by atoms with Gasteiger partial charge in [-0.2, -0.15) is 15.0 Å². The zero-order valence-electron chi connectivity index (χ0n) is 13.5. The predicted octanol–water partition coefficient (Wildman–Crippen LogP) is 2.81. The molecule has 25 heavy (non-hydrogen) atoms. The normalized spacial score (nSPS) is 11.6. The summed E-state index contributed by atoms with van der Waals surface area (Å²) in [4.78, 5) is 25.7. The molecule has 0 spiro atoms. The second kappa shape index (κ2) is 8.37. The van der Waals surface area contributed by atoms with Crippen molar-refractivity contribution in [3.63, 3.8) is 0 Å². The molecule has 8 nitrogen and oxygen atoms in total. The minimum atomic E-state index is -0.836. The first kappa shape index (κ1) is 19.3. The molecule has 1 heterocycles. The number of hydrogen-bond donors (Lipinski definition) is 2. The number of carbonyl (C=O) groups excluding carboxylic acids is 1. The molecule has 134 valence electrons. The molecule has 11 heteroatoms. The van der Waals surface area contributed by atoms with Gasteiger partial charge in [-0.05, 0) is 36.7 Å². The van der Waals surface area contributed by atoms with Crippen LogP contribution in [0.2, 0.25) is 15.3 Å². The van der Waals surface area contributed by atoms with Crippen LogP contribution in [0, 0.1) is 0 Å². The van der Waals surface area contributed by atoms with Gasteiger partial charge in [0.15, 0.2) is 6.10 Å². The van der Waals surface area contributed by atoms with E-state index >= 15 is 0 Å². The molecule has 0 saturated heterocycles. The van der Waals surface area contributed by atoms with Crippen LogP contribution in [0.3, 0.4) is 0 Å². The number of rotatable bonds is 6. The summed E-state index contributed by atoms with van der Waals surface area (Å²) in [6, 6.07) is 4.72. The lowest BCUT2D eigenvalue weighted by Crippen LogP contribution is -2.40. The van der Waals surface area contributed by atoms with Crippen LogP contribution in [0.5, 0.6) is 5.75 Å². The second-order valence-electron chi connectivity index (χ2n) is 5.07. The Kier molecular flexibility index (Phi) is 6.46. The molecule has 1 amide bonds. The molecule has 0 radical (unpaired) electrons. The van der Waals surface area contributed by atoms with Gasteiger partial charge < -0.3 is 9.64 Å². The molecular formula is C14H15Cl3N6O2. The third-order valence-corrected chi connectivity index (χ3v) is 3.56. The first-order valence-corrected chi connectivity index (χ1v) is 8.16. The van der Waals surface area contributed by atoms with Crippen LogP contribution in [0.4, 0.5) is 11.9 Å². The van der Waals surface area contributed by atoms with Gasteiger partial charge in [0.1, 0.15) is 5.75 Å². The maximum absolute atomic E-state index is 12.1. The fraction of sp³-hybridized carbons (Fsp3) is 0.286.